The highest BCUT2D eigenvalue weighted by Gasteiger charge is 1.90. The number of hydrogen-bond donors (Lipinski definition) is 0. The lowest BCUT2D eigenvalue weighted by atomic mass is 10.4. The number of hydrogen-bond acceptors (Lipinski definition) is 1. The van der Waals surface area contributed by atoms with E-state index in [2.05, 4.69) is 9.83 Å². The van der Waals surface area contributed by atoms with E-state index < -0.39 is 0 Å². The third-order valence-corrected chi connectivity index (χ3v) is 0.967. The van der Waals surface area contributed by atoms with Crippen molar-refractivity contribution in [3.63, 3.8) is 0 Å². The standard InChI is InChI=1S/C7H6N2/c1-8-6-7-4-2-3-5-9-7/h2-5H,6H2. The van der Waals surface area contributed by atoms with Gasteiger partial charge < -0.3 is 4.85 Å². The maximum atomic E-state index is 6.53. The van der Waals surface area contributed by atoms with E-state index in [-0.39, 0.29) is 0 Å². The van der Waals surface area contributed by atoms with Crippen LogP contribution in [0.4, 0.5) is 0 Å². The third-order valence-electron chi connectivity index (χ3n) is 0.967. The van der Waals surface area contributed by atoms with Crippen LogP contribution in [-0.2, 0) is 6.54 Å². The van der Waals surface area contributed by atoms with Crippen LogP contribution in [0.25, 0.3) is 4.85 Å². The fourth-order valence-electron chi connectivity index (χ4n) is 0.573. The lowest BCUT2D eigenvalue weighted by Crippen LogP contribution is -1.81. The van der Waals surface area contributed by atoms with Crippen LogP contribution in [0.3, 0.4) is 0 Å². The van der Waals surface area contributed by atoms with Crippen LogP contribution in [0.15, 0.2) is 24.4 Å². The van der Waals surface area contributed by atoms with Gasteiger partial charge in [0.15, 0.2) is 0 Å². The lowest BCUT2D eigenvalue weighted by Gasteiger charge is -1.85. The average molecular weight is 118 g/mol. The largest absolute Gasteiger partial charge is 0.310 e. The molecule has 1 rings (SSSR count). The van der Waals surface area contributed by atoms with Gasteiger partial charge in [0.2, 0.25) is 0 Å². The van der Waals surface area contributed by atoms with Crippen LogP contribution in [0.1, 0.15) is 5.69 Å². The minimum atomic E-state index is 0.390. The maximum absolute atomic E-state index is 6.53. The van der Waals surface area contributed by atoms with Crippen molar-refractivity contribution in [2.24, 2.45) is 0 Å². The van der Waals surface area contributed by atoms with Crippen molar-refractivity contribution in [1.29, 1.82) is 0 Å². The van der Waals surface area contributed by atoms with Crippen molar-refractivity contribution in [1.82, 2.24) is 4.98 Å². The second-order valence-electron chi connectivity index (χ2n) is 1.64. The van der Waals surface area contributed by atoms with Gasteiger partial charge >= 0.3 is 0 Å². The summed E-state index contributed by atoms with van der Waals surface area (Å²) in [4.78, 5) is 7.15. The van der Waals surface area contributed by atoms with Crippen LogP contribution in [0.5, 0.6) is 0 Å². The van der Waals surface area contributed by atoms with Gasteiger partial charge in [-0.3, -0.25) is 4.98 Å². The van der Waals surface area contributed by atoms with Crippen LogP contribution in [-0.4, -0.2) is 4.98 Å². The van der Waals surface area contributed by atoms with E-state index in [1.165, 1.54) is 0 Å². The molecule has 0 N–H and O–H groups in total. The van der Waals surface area contributed by atoms with Gasteiger partial charge in [-0.05, 0) is 12.1 Å². The smallest absolute Gasteiger partial charge is 0.256 e. The van der Waals surface area contributed by atoms with Crippen molar-refractivity contribution >= 4 is 0 Å². The van der Waals surface area contributed by atoms with Crippen LogP contribution < -0.4 is 0 Å². The number of pyridine rings is 1. The number of nitrogens with zero attached hydrogens (tertiary/aromatic N) is 2. The summed E-state index contributed by atoms with van der Waals surface area (Å²) in [5.74, 6) is 0. The molecule has 0 bridgehead atoms. The quantitative estimate of drug-likeness (QED) is 0.511. The van der Waals surface area contributed by atoms with Gasteiger partial charge in [0.05, 0.1) is 0 Å². The predicted molar refractivity (Wildman–Crippen MR) is 34.5 cm³/mol. The molecule has 2 nitrogen and oxygen atoms in total. The van der Waals surface area contributed by atoms with Crippen LogP contribution >= 0.6 is 0 Å². The van der Waals surface area contributed by atoms with E-state index in [1.807, 2.05) is 18.2 Å². The summed E-state index contributed by atoms with van der Waals surface area (Å²) in [5, 5.41) is 0. The third kappa shape index (κ3) is 1.54. The van der Waals surface area contributed by atoms with Crippen molar-refractivity contribution in [3.05, 3.63) is 41.5 Å². The van der Waals surface area contributed by atoms with Gasteiger partial charge in [0.25, 0.3) is 6.54 Å². The second-order valence-corrected chi connectivity index (χ2v) is 1.64. The Morgan fingerprint density at radius 3 is 3.00 bits per heavy atom. The minimum absolute atomic E-state index is 0.390. The van der Waals surface area contributed by atoms with Crippen LogP contribution in [0.2, 0.25) is 0 Å². The zero-order valence-corrected chi connectivity index (χ0v) is 4.91. The summed E-state index contributed by atoms with van der Waals surface area (Å²) in [6.45, 7) is 6.91. The Kier molecular flexibility index (Phi) is 1.81. The van der Waals surface area contributed by atoms with E-state index in [1.54, 1.807) is 6.20 Å². The highest BCUT2D eigenvalue weighted by molar-refractivity contribution is 5.04. The van der Waals surface area contributed by atoms with E-state index in [0.29, 0.717) is 6.54 Å². The zero-order valence-electron chi connectivity index (χ0n) is 4.91. The fraction of sp³-hybridized carbons (Fsp3) is 0.143. The molecule has 0 unspecified atom stereocenters. The molecule has 0 aromatic carbocycles. The molecule has 1 aromatic heterocycles. The molecule has 1 aromatic rings. The molecule has 0 aliphatic rings. The first kappa shape index (κ1) is 5.77. The Hall–Kier alpha value is -1.36. The molecule has 2 heteroatoms. The summed E-state index contributed by atoms with van der Waals surface area (Å²) >= 11 is 0. The summed E-state index contributed by atoms with van der Waals surface area (Å²) < 4.78 is 0. The first-order valence-corrected chi connectivity index (χ1v) is 2.66. The van der Waals surface area contributed by atoms with Crippen LogP contribution in [0, 0.1) is 6.57 Å². The number of rotatable bonds is 1. The molecule has 1 heterocycles. The van der Waals surface area contributed by atoms with Crippen molar-refractivity contribution in [2.75, 3.05) is 0 Å². The molecular formula is C7H6N2. The molecule has 9 heavy (non-hydrogen) atoms. The Balaban J connectivity index is 2.76. The molecule has 0 aliphatic carbocycles. The second kappa shape index (κ2) is 2.83. The molecule has 0 fully saturated rings. The first-order chi connectivity index (χ1) is 4.43. The molecule has 0 radical (unpaired) electrons. The molecule has 0 atom stereocenters. The monoisotopic (exact) mass is 118 g/mol. The van der Waals surface area contributed by atoms with Gasteiger partial charge in [-0.1, -0.05) is 6.07 Å². The van der Waals surface area contributed by atoms with E-state index >= 15 is 0 Å². The maximum Gasteiger partial charge on any atom is 0.256 e. The minimum Gasteiger partial charge on any atom is -0.310 e. The average Bonchev–Trinajstić information content (AvgIpc) is 1.91. The zero-order chi connectivity index (χ0) is 6.53. The highest BCUT2D eigenvalue weighted by atomic mass is 14.7. The molecule has 44 valence electrons. The van der Waals surface area contributed by atoms with Gasteiger partial charge in [-0.2, -0.15) is 0 Å². The SMILES string of the molecule is [C-]#[N+]Cc1ccccn1. The summed E-state index contributed by atoms with van der Waals surface area (Å²) in [6, 6.07) is 5.57. The highest BCUT2D eigenvalue weighted by Crippen LogP contribution is 1.93. The molecular weight excluding hydrogens is 112 g/mol. The molecule has 0 aliphatic heterocycles. The van der Waals surface area contributed by atoms with E-state index in [9.17, 15) is 0 Å². The fourth-order valence-corrected chi connectivity index (χ4v) is 0.573. The van der Waals surface area contributed by atoms with Gasteiger partial charge in [-0.25, -0.2) is 6.57 Å². The Morgan fingerprint density at radius 2 is 2.44 bits per heavy atom. The first-order valence-electron chi connectivity index (χ1n) is 2.66. The molecule has 0 amide bonds. The molecule has 0 saturated carbocycles. The van der Waals surface area contributed by atoms with E-state index in [4.69, 9.17) is 6.57 Å². The van der Waals surface area contributed by atoms with Crippen molar-refractivity contribution in [3.8, 4) is 0 Å². The van der Waals surface area contributed by atoms with Gasteiger partial charge in [-0.15, -0.1) is 0 Å². The summed E-state index contributed by atoms with van der Waals surface area (Å²) in [6.07, 6.45) is 1.69. The normalized spacial score (nSPS) is 8.33. The number of aromatic nitrogens is 1. The summed E-state index contributed by atoms with van der Waals surface area (Å²) in [5.41, 5.74) is 0.840. The Bertz CT molecular complexity index is 210. The molecule has 0 saturated heterocycles. The lowest BCUT2D eigenvalue weighted by molar-refractivity contribution is 1.11. The Morgan fingerprint density at radius 1 is 1.56 bits per heavy atom. The topological polar surface area (TPSA) is 17.2 Å². The summed E-state index contributed by atoms with van der Waals surface area (Å²) in [7, 11) is 0. The molecule has 0 spiro atoms. The van der Waals surface area contributed by atoms with Crippen molar-refractivity contribution < 1.29 is 0 Å². The Labute approximate surface area is 54.0 Å². The van der Waals surface area contributed by atoms with Gasteiger partial charge in [0.1, 0.15) is 5.69 Å². The predicted octanol–water partition coefficient (Wildman–Crippen LogP) is 1.50. The van der Waals surface area contributed by atoms with Gasteiger partial charge in [0, 0.05) is 6.20 Å². The van der Waals surface area contributed by atoms with Crippen molar-refractivity contribution in [2.45, 2.75) is 6.54 Å². The van der Waals surface area contributed by atoms with E-state index in [0.717, 1.165) is 5.69 Å².